The summed E-state index contributed by atoms with van der Waals surface area (Å²) in [5, 5.41) is 0. The molecule has 5 nitrogen and oxygen atoms in total. The number of hydrogen-bond acceptors (Lipinski definition) is 3. The van der Waals surface area contributed by atoms with Crippen LogP contribution in [0.3, 0.4) is 0 Å². The molecule has 0 aromatic heterocycles. The van der Waals surface area contributed by atoms with Gasteiger partial charge in [-0.15, -0.1) is 0 Å². The highest BCUT2D eigenvalue weighted by Crippen LogP contribution is 2.10. The molecule has 0 aliphatic heterocycles. The van der Waals surface area contributed by atoms with Crippen molar-refractivity contribution in [3.05, 3.63) is 35.1 Å². The lowest BCUT2D eigenvalue weighted by molar-refractivity contribution is 0.563. The molecule has 0 saturated carbocycles. The van der Waals surface area contributed by atoms with Gasteiger partial charge in [-0.2, -0.15) is 13.1 Å². The molecule has 18 heavy (non-hydrogen) atoms. The van der Waals surface area contributed by atoms with E-state index in [1.54, 1.807) is 13.0 Å². The predicted molar refractivity (Wildman–Crippen MR) is 71.7 cm³/mol. The van der Waals surface area contributed by atoms with Crippen LogP contribution in [-0.2, 0) is 16.8 Å². The topological polar surface area (TPSA) is 84.2 Å². The Labute approximate surface area is 111 Å². The van der Waals surface area contributed by atoms with Crippen molar-refractivity contribution in [3.63, 3.8) is 0 Å². The minimum Gasteiger partial charge on any atom is -0.389 e. The van der Waals surface area contributed by atoms with Crippen molar-refractivity contribution in [2.24, 2.45) is 5.73 Å². The van der Waals surface area contributed by atoms with Gasteiger partial charge in [0.25, 0.3) is 10.2 Å². The first kappa shape index (κ1) is 15.0. The van der Waals surface area contributed by atoms with Gasteiger partial charge in [-0.25, -0.2) is 9.11 Å². The Hall–Kier alpha value is -1.09. The summed E-state index contributed by atoms with van der Waals surface area (Å²) in [7, 11) is -3.59. The summed E-state index contributed by atoms with van der Waals surface area (Å²) in [5.41, 5.74) is 5.98. The number of hydrogen-bond donors (Lipinski definition) is 3. The van der Waals surface area contributed by atoms with Crippen molar-refractivity contribution in [1.82, 2.24) is 9.44 Å². The van der Waals surface area contributed by atoms with Crippen molar-refractivity contribution < 1.29 is 12.8 Å². The maximum absolute atomic E-state index is 13.6. The Morgan fingerprint density at radius 1 is 1.44 bits per heavy atom. The number of thiocarbonyl (C=S) groups is 1. The minimum atomic E-state index is -3.59. The first-order valence-corrected chi connectivity index (χ1v) is 7.07. The SMILES string of the molecule is CCNS(=O)(=O)NCc1ccc(C(N)=S)cc1F. The fourth-order valence-electron chi connectivity index (χ4n) is 1.26. The third kappa shape index (κ3) is 4.30. The lowest BCUT2D eigenvalue weighted by Crippen LogP contribution is -2.36. The third-order valence-electron chi connectivity index (χ3n) is 2.12. The molecular formula is C10H14FN3O2S2. The molecule has 1 aromatic carbocycles. The molecule has 0 radical (unpaired) electrons. The van der Waals surface area contributed by atoms with E-state index in [0.717, 1.165) is 0 Å². The normalized spacial score (nSPS) is 11.4. The van der Waals surface area contributed by atoms with Gasteiger partial charge in [0.05, 0.1) is 0 Å². The van der Waals surface area contributed by atoms with Gasteiger partial charge in [-0.05, 0) is 6.07 Å². The van der Waals surface area contributed by atoms with E-state index >= 15 is 0 Å². The largest absolute Gasteiger partial charge is 0.389 e. The molecule has 1 aromatic rings. The fourth-order valence-corrected chi connectivity index (χ4v) is 2.21. The smallest absolute Gasteiger partial charge is 0.277 e. The molecule has 0 bridgehead atoms. The predicted octanol–water partition coefficient (Wildman–Crippen LogP) is 0.404. The van der Waals surface area contributed by atoms with Gasteiger partial charge in [-0.3, -0.25) is 0 Å². The van der Waals surface area contributed by atoms with Crippen LogP contribution in [0.4, 0.5) is 4.39 Å². The van der Waals surface area contributed by atoms with Crippen LogP contribution in [0.2, 0.25) is 0 Å². The fraction of sp³-hybridized carbons (Fsp3) is 0.300. The molecule has 0 unspecified atom stereocenters. The lowest BCUT2D eigenvalue weighted by atomic mass is 10.1. The Kier molecular flexibility index (Phi) is 5.15. The van der Waals surface area contributed by atoms with E-state index in [2.05, 4.69) is 9.44 Å². The van der Waals surface area contributed by atoms with Crippen LogP contribution in [0.15, 0.2) is 18.2 Å². The van der Waals surface area contributed by atoms with E-state index in [9.17, 15) is 12.8 Å². The van der Waals surface area contributed by atoms with Gasteiger partial charge in [0.2, 0.25) is 0 Å². The highest BCUT2D eigenvalue weighted by atomic mass is 32.2. The van der Waals surface area contributed by atoms with Gasteiger partial charge in [0.1, 0.15) is 10.8 Å². The highest BCUT2D eigenvalue weighted by Gasteiger charge is 2.10. The van der Waals surface area contributed by atoms with Crippen LogP contribution >= 0.6 is 12.2 Å². The standard InChI is InChI=1S/C10H14FN3O2S2/c1-2-13-18(15,16)14-6-8-4-3-7(10(12)17)5-9(8)11/h3-5,13-14H,2,6H2,1H3,(H2,12,17). The Morgan fingerprint density at radius 2 is 2.11 bits per heavy atom. The van der Waals surface area contributed by atoms with E-state index in [-0.39, 0.29) is 23.6 Å². The van der Waals surface area contributed by atoms with E-state index in [0.29, 0.717) is 5.56 Å². The molecule has 0 heterocycles. The van der Waals surface area contributed by atoms with Gasteiger partial charge < -0.3 is 5.73 Å². The molecule has 4 N–H and O–H groups in total. The summed E-state index contributed by atoms with van der Waals surface area (Å²) in [4.78, 5) is 0.0914. The zero-order chi connectivity index (χ0) is 13.8. The monoisotopic (exact) mass is 291 g/mol. The second-order valence-electron chi connectivity index (χ2n) is 3.49. The highest BCUT2D eigenvalue weighted by molar-refractivity contribution is 7.87. The second kappa shape index (κ2) is 6.19. The molecule has 8 heteroatoms. The zero-order valence-electron chi connectivity index (χ0n) is 9.73. The van der Waals surface area contributed by atoms with Crippen LogP contribution in [0.5, 0.6) is 0 Å². The van der Waals surface area contributed by atoms with Crippen LogP contribution in [-0.4, -0.2) is 20.0 Å². The van der Waals surface area contributed by atoms with Crippen molar-refractivity contribution >= 4 is 27.4 Å². The van der Waals surface area contributed by atoms with Gasteiger partial charge >= 0.3 is 0 Å². The lowest BCUT2D eigenvalue weighted by Gasteiger charge is -2.08. The average Bonchev–Trinajstić information content (AvgIpc) is 2.27. The van der Waals surface area contributed by atoms with E-state index in [1.165, 1.54) is 12.1 Å². The molecule has 0 fully saturated rings. The first-order valence-electron chi connectivity index (χ1n) is 5.18. The zero-order valence-corrected chi connectivity index (χ0v) is 11.4. The molecule has 1 rings (SSSR count). The molecule has 0 amide bonds. The summed E-state index contributed by atoms with van der Waals surface area (Å²) in [6.07, 6.45) is 0. The number of nitrogens with two attached hydrogens (primary N) is 1. The van der Waals surface area contributed by atoms with E-state index in [1.807, 2.05) is 0 Å². The van der Waals surface area contributed by atoms with Gasteiger partial charge in [0, 0.05) is 24.2 Å². The summed E-state index contributed by atoms with van der Waals surface area (Å²) in [5.74, 6) is -0.556. The molecule has 0 aliphatic rings. The Bertz CT molecular complexity index is 546. The third-order valence-corrected chi connectivity index (χ3v) is 3.55. The molecule has 100 valence electrons. The number of rotatable bonds is 6. The van der Waals surface area contributed by atoms with Crippen molar-refractivity contribution in [2.45, 2.75) is 13.5 Å². The molecule has 0 saturated heterocycles. The molecule has 0 atom stereocenters. The Balaban J connectivity index is 2.78. The first-order chi connectivity index (χ1) is 8.35. The van der Waals surface area contributed by atoms with Gasteiger partial charge in [-0.1, -0.05) is 31.3 Å². The summed E-state index contributed by atoms with van der Waals surface area (Å²) in [6.45, 7) is 1.77. The van der Waals surface area contributed by atoms with Crippen molar-refractivity contribution in [1.29, 1.82) is 0 Å². The maximum Gasteiger partial charge on any atom is 0.277 e. The average molecular weight is 291 g/mol. The van der Waals surface area contributed by atoms with Crippen LogP contribution in [0, 0.1) is 5.82 Å². The maximum atomic E-state index is 13.6. The summed E-state index contributed by atoms with van der Waals surface area (Å²) in [6, 6.07) is 4.17. The van der Waals surface area contributed by atoms with Crippen LogP contribution in [0.25, 0.3) is 0 Å². The summed E-state index contributed by atoms with van der Waals surface area (Å²) >= 11 is 4.71. The van der Waals surface area contributed by atoms with E-state index < -0.39 is 16.0 Å². The van der Waals surface area contributed by atoms with Crippen molar-refractivity contribution in [3.8, 4) is 0 Å². The summed E-state index contributed by atoms with van der Waals surface area (Å²) < 4.78 is 40.7. The number of nitrogens with one attached hydrogen (secondary N) is 2. The number of benzene rings is 1. The van der Waals surface area contributed by atoms with Crippen LogP contribution in [0.1, 0.15) is 18.1 Å². The van der Waals surface area contributed by atoms with Crippen molar-refractivity contribution in [2.75, 3.05) is 6.54 Å². The molecular weight excluding hydrogens is 277 g/mol. The van der Waals surface area contributed by atoms with Crippen LogP contribution < -0.4 is 15.2 Å². The second-order valence-corrected chi connectivity index (χ2v) is 5.52. The van der Waals surface area contributed by atoms with Gasteiger partial charge in [0.15, 0.2) is 0 Å². The quantitative estimate of drug-likeness (QED) is 0.663. The molecule has 0 aliphatic carbocycles. The Morgan fingerprint density at radius 3 is 2.61 bits per heavy atom. The van der Waals surface area contributed by atoms with E-state index in [4.69, 9.17) is 18.0 Å². The number of halogens is 1. The minimum absolute atomic E-state index is 0.0914. The molecule has 0 spiro atoms.